The molecule has 0 radical (unpaired) electrons. The molecule has 0 aromatic heterocycles. The number of hydrogen-bond donors (Lipinski definition) is 2. The van der Waals surface area contributed by atoms with Crippen LogP contribution in [0.25, 0.3) is 0 Å². The predicted molar refractivity (Wildman–Crippen MR) is 89.2 cm³/mol. The lowest BCUT2D eigenvalue weighted by Gasteiger charge is -2.35. The highest BCUT2D eigenvalue weighted by atomic mass is 35.5. The Labute approximate surface area is 139 Å². The van der Waals surface area contributed by atoms with Crippen molar-refractivity contribution in [1.29, 1.82) is 0 Å². The Morgan fingerprint density at radius 1 is 1.35 bits per heavy atom. The minimum Gasteiger partial charge on any atom is -0.503 e. The topological polar surface area (TPSA) is 61.8 Å². The van der Waals surface area contributed by atoms with E-state index < -0.39 is 6.17 Å². The quantitative estimate of drug-likeness (QED) is 0.900. The molecule has 120 valence electrons. The number of amides is 1. The molecule has 0 unspecified atom stereocenters. The number of rotatable bonds is 3. The number of nitrogens with one attached hydrogen (secondary N) is 1. The van der Waals surface area contributed by atoms with E-state index in [4.69, 9.17) is 16.3 Å². The van der Waals surface area contributed by atoms with Crippen molar-refractivity contribution in [2.45, 2.75) is 13.1 Å². The van der Waals surface area contributed by atoms with Crippen LogP contribution in [0.15, 0.2) is 36.4 Å². The average Bonchev–Trinajstić information content (AvgIpc) is 2.55. The van der Waals surface area contributed by atoms with E-state index in [-0.39, 0.29) is 16.7 Å². The van der Waals surface area contributed by atoms with E-state index in [0.717, 1.165) is 11.3 Å². The lowest BCUT2D eigenvalue weighted by Crippen LogP contribution is -2.40. The molecule has 0 aliphatic carbocycles. The summed E-state index contributed by atoms with van der Waals surface area (Å²) in [6, 6.07) is 10.7. The number of fused-ring (bicyclic) bond motifs is 1. The summed E-state index contributed by atoms with van der Waals surface area (Å²) >= 11 is 6.10. The van der Waals surface area contributed by atoms with Gasteiger partial charge in [0.1, 0.15) is 6.17 Å². The number of hydrogen-bond acceptors (Lipinski definition) is 4. The number of anilines is 1. The normalized spacial score (nSPS) is 16.7. The van der Waals surface area contributed by atoms with Crippen LogP contribution in [0.1, 0.15) is 29.0 Å². The molecule has 0 bridgehead atoms. The van der Waals surface area contributed by atoms with E-state index in [2.05, 4.69) is 5.32 Å². The highest BCUT2D eigenvalue weighted by Crippen LogP contribution is 2.40. The largest absolute Gasteiger partial charge is 0.503 e. The van der Waals surface area contributed by atoms with Crippen LogP contribution in [0.5, 0.6) is 11.5 Å². The molecule has 1 aliphatic heterocycles. The third-order valence-corrected chi connectivity index (χ3v) is 4.11. The zero-order valence-electron chi connectivity index (χ0n) is 12.8. The molecule has 23 heavy (non-hydrogen) atoms. The molecule has 1 aliphatic rings. The van der Waals surface area contributed by atoms with Crippen molar-refractivity contribution in [2.24, 2.45) is 0 Å². The predicted octanol–water partition coefficient (Wildman–Crippen LogP) is 3.64. The molecule has 2 aromatic carbocycles. The standard InChI is InChI=1S/C17H17ClN2O3/c1-3-23-14-9-10(8-12(18)15(14)21)16-19-13-7-5-4-6-11(13)17(22)20(16)2/h4-9,16,19,21H,3H2,1-2H3/t16-/m1/s1. The van der Waals surface area contributed by atoms with Crippen LogP contribution < -0.4 is 10.1 Å². The number of carbonyl (C=O) groups excluding carboxylic acids is 1. The first-order valence-electron chi connectivity index (χ1n) is 7.31. The van der Waals surface area contributed by atoms with Gasteiger partial charge in [0.25, 0.3) is 5.91 Å². The first-order valence-corrected chi connectivity index (χ1v) is 7.68. The zero-order valence-corrected chi connectivity index (χ0v) is 13.6. The van der Waals surface area contributed by atoms with E-state index in [1.807, 2.05) is 25.1 Å². The first-order chi connectivity index (χ1) is 11.0. The van der Waals surface area contributed by atoms with Gasteiger partial charge in [0.15, 0.2) is 11.5 Å². The van der Waals surface area contributed by atoms with E-state index in [0.29, 0.717) is 17.9 Å². The summed E-state index contributed by atoms with van der Waals surface area (Å²) in [7, 11) is 1.72. The molecule has 0 fully saturated rings. The number of nitrogens with zero attached hydrogens (tertiary/aromatic N) is 1. The molecular weight excluding hydrogens is 316 g/mol. The molecular formula is C17H17ClN2O3. The average molecular weight is 333 g/mol. The second-order valence-corrected chi connectivity index (χ2v) is 5.70. The summed E-state index contributed by atoms with van der Waals surface area (Å²) in [4.78, 5) is 14.1. The second kappa shape index (κ2) is 6.01. The zero-order chi connectivity index (χ0) is 16.6. The summed E-state index contributed by atoms with van der Waals surface area (Å²) in [5.41, 5.74) is 2.13. The third-order valence-electron chi connectivity index (χ3n) is 3.82. The first kappa shape index (κ1) is 15.5. The fraction of sp³-hybridized carbons (Fsp3) is 0.235. The summed E-state index contributed by atoms with van der Waals surface area (Å²) in [6.45, 7) is 2.23. The minimum absolute atomic E-state index is 0.0773. The van der Waals surface area contributed by atoms with Crippen LogP contribution in [-0.2, 0) is 0 Å². The van der Waals surface area contributed by atoms with Gasteiger partial charge in [-0.1, -0.05) is 23.7 Å². The number of phenolic OH excluding ortho intramolecular Hbond substituents is 1. The van der Waals surface area contributed by atoms with Gasteiger partial charge in [-0.25, -0.2) is 0 Å². The number of aromatic hydroxyl groups is 1. The number of ether oxygens (including phenoxy) is 1. The molecule has 2 N–H and O–H groups in total. The molecule has 1 atom stereocenters. The number of carbonyl (C=O) groups is 1. The molecule has 1 heterocycles. The second-order valence-electron chi connectivity index (χ2n) is 5.29. The van der Waals surface area contributed by atoms with Crippen LogP contribution in [0, 0.1) is 0 Å². The molecule has 3 rings (SSSR count). The summed E-state index contributed by atoms with van der Waals surface area (Å²) < 4.78 is 5.41. The smallest absolute Gasteiger partial charge is 0.257 e. The maximum atomic E-state index is 12.5. The van der Waals surface area contributed by atoms with Crippen LogP contribution in [-0.4, -0.2) is 29.6 Å². The Hall–Kier alpha value is -2.40. The van der Waals surface area contributed by atoms with Crippen molar-refractivity contribution in [3.05, 3.63) is 52.5 Å². The van der Waals surface area contributed by atoms with E-state index in [9.17, 15) is 9.90 Å². The van der Waals surface area contributed by atoms with Crippen molar-refractivity contribution in [3.63, 3.8) is 0 Å². The van der Waals surface area contributed by atoms with Gasteiger partial charge < -0.3 is 20.1 Å². The highest BCUT2D eigenvalue weighted by molar-refractivity contribution is 6.32. The summed E-state index contributed by atoms with van der Waals surface area (Å²) in [5, 5.41) is 13.5. The van der Waals surface area contributed by atoms with Crippen molar-refractivity contribution in [3.8, 4) is 11.5 Å². The van der Waals surface area contributed by atoms with Crippen molar-refractivity contribution in [1.82, 2.24) is 4.90 Å². The van der Waals surface area contributed by atoms with Gasteiger partial charge in [0.2, 0.25) is 0 Å². The SMILES string of the molecule is CCOc1cc([C@@H]2Nc3ccccc3C(=O)N2C)cc(Cl)c1O. The van der Waals surface area contributed by atoms with Gasteiger partial charge in [-0.2, -0.15) is 0 Å². The summed E-state index contributed by atoms with van der Waals surface area (Å²) in [5.74, 6) is 0.130. The molecule has 5 nitrogen and oxygen atoms in total. The molecule has 2 aromatic rings. The number of para-hydroxylation sites is 1. The van der Waals surface area contributed by atoms with Gasteiger partial charge in [0, 0.05) is 18.3 Å². The van der Waals surface area contributed by atoms with Crippen LogP contribution in [0.4, 0.5) is 5.69 Å². The Morgan fingerprint density at radius 2 is 2.09 bits per heavy atom. The maximum Gasteiger partial charge on any atom is 0.257 e. The molecule has 0 saturated heterocycles. The van der Waals surface area contributed by atoms with Gasteiger partial charge in [-0.05, 0) is 31.2 Å². The lowest BCUT2D eigenvalue weighted by molar-refractivity contribution is 0.0735. The Kier molecular flexibility index (Phi) is 4.05. The van der Waals surface area contributed by atoms with E-state index >= 15 is 0 Å². The van der Waals surface area contributed by atoms with Gasteiger partial charge in [0.05, 0.1) is 17.2 Å². The number of benzene rings is 2. The minimum atomic E-state index is -0.394. The van der Waals surface area contributed by atoms with Crippen molar-refractivity contribution >= 4 is 23.2 Å². The summed E-state index contributed by atoms with van der Waals surface area (Å²) in [6.07, 6.45) is -0.394. The van der Waals surface area contributed by atoms with Crippen molar-refractivity contribution in [2.75, 3.05) is 19.0 Å². The molecule has 0 saturated carbocycles. The molecule has 6 heteroatoms. The van der Waals surface area contributed by atoms with Crippen molar-refractivity contribution < 1.29 is 14.6 Å². The van der Waals surface area contributed by atoms with Crippen LogP contribution in [0.3, 0.4) is 0 Å². The van der Waals surface area contributed by atoms with E-state index in [1.54, 1.807) is 30.1 Å². The van der Waals surface area contributed by atoms with E-state index in [1.165, 1.54) is 0 Å². The lowest BCUT2D eigenvalue weighted by atomic mass is 10.0. The third kappa shape index (κ3) is 2.68. The monoisotopic (exact) mass is 332 g/mol. The van der Waals surface area contributed by atoms with Gasteiger partial charge in [-0.3, -0.25) is 4.79 Å². The van der Waals surface area contributed by atoms with Gasteiger partial charge in [-0.15, -0.1) is 0 Å². The fourth-order valence-corrected chi connectivity index (χ4v) is 2.89. The molecule has 1 amide bonds. The van der Waals surface area contributed by atoms with Crippen LogP contribution >= 0.6 is 11.6 Å². The maximum absolute atomic E-state index is 12.5. The Balaban J connectivity index is 2.04. The Bertz CT molecular complexity index is 763. The van der Waals surface area contributed by atoms with Crippen LogP contribution in [0.2, 0.25) is 5.02 Å². The number of phenols is 1. The Morgan fingerprint density at radius 3 is 2.83 bits per heavy atom. The number of halogens is 1. The molecule has 0 spiro atoms. The van der Waals surface area contributed by atoms with Gasteiger partial charge >= 0.3 is 0 Å². The fourth-order valence-electron chi connectivity index (χ4n) is 2.67. The highest BCUT2D eigenvalue weighted by Gasteiger charge is 2.30.